The fraction of sp³-hybridized carbons (Fsp3) is 0.278. The smallest absolute Gasteiger partial charge is 0.255 e. The third kappa shape index (κ3) is 3.65. The van der Waals surface area contributed by atoms with Crippen molar-refractivity contribution in [1.82, 2.24) is 0 Å². The second-order valence-corrected chi connectivity index (χ2v) is 5.40. The monoisotopic (exact) mass is 331 g/mol. The van der Waals surface area contributed by atoms with E-state index < -0.39 is 11.7 Å². The Morgan fingerprint density at radius 3 is 2.79 bits per heavy atom. The van der Waals surface area contributed by atoms with Gasteiger partial charge < -0.3 is 19.5 Å². The van der Waals surface area contributed by atoms with Crippen LogP contribution in [0.15, 0.2) is 42.5 Å². The molecule has 1 fully saturated rings. The molecule has 0 saturated carbocycles. The molecule has 1 N–H and O–H groups in total. The van der Waals surface area contributed by atoms with Gasteiger partial charge in [0, 0.05) is 12.0 Å². The average molecular weight is 331 g/mol. The fourth-order valence-corrected chi connectivity index (χ4v) is 2.45. The van der Waals surface area contributed by atoms with Crippen LogP contribution in [-0.2, 0) is 4.74 Å². The van der Waals surface area contributed by atoms with Gasteiger partial charge in [-0.1, -0.05) is 12.1 Å². The minimum absolute atomic E-state index is 0.0659. The van der Waals surface area contributed by atoms with E-state index in [2.05, 4.69) is 5.32 Å². The molecule has 24 heavy (non-hydrogen) atoms. The van der Waals surface area contributed by atoms with Gasteiger partial charge in [-0.2, -0.15) is 0 Å². The van der Waals surface area contributed by atoms with Crippen LogP contribution in [0.25, 0.3) is 0 Å². The summed E-state index contributed by atoms with van der Waals surface area (Å²) in [6.07, 6.45) is 0.721. The highest BCUT2D eigenvalue weighted by molar-refractivity contribution is 6.04. The molecule has 1 amide bonds. The second kappa shape index (κ2) is 7.31. The van der Waals surface area contributed by atoms with Crippen LogP contribution >= 0.6 is 0 Å². The maximum atomic E-state index is 13.7. The summed E-state index contributed by atoms with van der Waals surface area (Å²) in [5.74, 6) is 0.0905. The Balaban J connectivity index is 1.79. The molecule has 1 aliphatic rings. The number of para-hydroxylation sites is 1. The highest BCUT2D eigenvalue weighted by atomic mass is 19.1. The molecule has 1 saturated heterocycles. The molecule has 0 spiro atoms. The van der Waals surface area contributed by atoms with Gasteiger partial charge >= 0.3 is 0 Å². The van der Waals surface area contributed by atoms with Gasteiger partial charge in [0.1, 0.15) is 11.9 Å². The Kier molecular flexibility index (Phi) is 4.96. The van der Waals surface area contributed by atoms with Crippen molar-refractivity contribution in [1.29, 1.82) is 0 Å². The van der Waals surface area contributed by atoms with Crippen molar-refractivity contribution in [3.05, 3.63) is 53.8 Å². The summed E-state index contributed by atoms with van der Waals surface area (Å²) >= 11 is 0. The molecule has 1 aliphatic heterocycles. The van der Waals surface area contributed by atoms with E-state index in [0.717, 1.165) is 6.42 Å². The van der Waals surface area contributed by atoms with Crippen LogP contribution in [-0.4, -0.2) is 32.3 Å². The molecule has 2 aromatic rings. The summed E-state index contributed by atoms with van der Waals surface area (Å²) in [5, 5.41) is 2.55. The molecule has 3 rings (SSSR count). The SMILES string of the molecule is COc1ccc(C(=O)Nc2ccccc2F)cc1OC1CCOC1. The van der Waals surface area contributed by atoms with E-state index in [0.29, 0.717) is 30.3 Å². The van der Waals surface area contributed by atoms with Gasteiger partial charge in [-0.15, -0.1) is 0 Å². The van der Waals surface area contributed by atoms with Crippen LogP contribution in [0.1, 0.15) is 16.8 Å². The van der Waals surface area contributed by atoms with Crippen molar-refractivity contribution in [2.24, 2.45) is 0 Å². The molecule has 1 heterocycles. The van der Waals surface area contributed by atoms with Crippen LogP contribution in [0, 0.1) is 5.82 Å². The summed E-state index contributed by atoms with van der Waals surface area (Å²) in [7, 11) is 1.53. The van der Waals surface area contributed by atoms with Crippen LogP contribution in [0.3, 0.4) is 0 Å². The molecule has 0 radical (unpaired) electrons. The number of rotatable bonds is 5. The molecule has 1 unspecified atom stereocenters. The number of anilines is 1. The topological polar surface area (TPSA) is 56.8 Å². The van der Waals surface area contributed by atoms with Crippen LogP contribution in [0.2, 0.25) is 0 Å². The Morgan fingerprint density at radius 2 is 2.08 bits per heavy atom. The molecule has 0 bridgehead atoms. The maximum Gasteiger partial charge on any atom is 0.255 e. The molecule has 1 atom stereocenters. The molecular weight excluding hydrogens is 313 g/mol. The average Bonchev–Trinajstić information content (AvgIpc) is 3.10. The zero-order valence-corrected chi connectivity index (χ0v) is 13.3. The molecule has 0 aromatic heterocycles. The van der Waals surface area contributed by atoms with E-state index in [4.69, 9.17) is 14.2 Å². The van der Waals surface area contributed by atoms with Crippen LogP contribution < -0.4 is 14.8 Å². The predicted molar refractivity (Wildman–Crippen MR) is 87.2 cm³/mol. The number of carbonyl (C=O) groups excluding carboxylic acids is 1. The van der Waals surface area contributed by atoms with E-state index in [-0.39, 0.29) is 11.8 Å². The van der Waals surface area contributed by atoms with Gasteiger partial charge in [0.2, 0.25) is 0 Å². The van der Waals surface area contributed by atoms with Gasteiger partial charge in [-0.25, -0.2) is 4.39 Å². The molecule has 0 aliphatic carbocycles. The van der Waals surface area contributed by atoms with E-state index in [1.54, 1.807) is 30.3 Å². The van der Waals surface area contributed by atoms with E-state index >= 15 is 0 Å². The number of amides is 1. The molecule has 5 nitrogen and oxygen atoms in total. The standard InChI is InChI=1S/C18H18FNO4/c1-22-16-7-6-12(10-17(16)24-13-8-9-23-11-13)18(21)20-15-5-3-2-4-14(15)19/h2-7,10,13H,8-9,11H2,1H3,(H,20,21). The third-order valence-corrected chi connectivity index (χ3v) is 3.73. The lowest BCUT2D eigenvalue weighted by molar-refractivity contribution is 0.102. The number of nitrogens with one attached hydrogen (secondary N) is 1. The number of hydrogen-bond acceptors (Lipinski definition) is 4. The summed E-state index contributed by atoms with van der Waals surface area (Å²) in [6.45, 7) is 1.16. The lowest BCUT2D eigenvalue weighted by Crippen LogP contribution is -2.17. The lowest BCUT2D eigenvalue weighted by atomic mass is 10.1. The van der Waals surface area contributed by atoms with E-state index in [1.807, 2.05) is 0 Å². The van der Waals surface area contributed by atoms with Gasteiger partial charge in [0.05, 0.1) is 26.0 Å². The van der Waals surface area contributed by atoms with Gasteiger partial charge in [-0.05, 0) is 30.3 Å². The maximum absolute atomic E-state index is 13.7. The van der Waals surface area contributed by atoms with Crippen molar-refractivity contribution in [2.75, 3.05) is 25.6 Å². The number of ether oxygens (including phenoxy) is 3. The van der Waals surface area contributed by atoms with Crippen molar-refractivity contribution < 1.29 is 23.4 Å². The highest BCUT2D eigenvalue weighted by Crippen LogP contribution is 2.30. The van der Waals surface area contributed by atoms with Gasteiger partial charge in [-0.3, -0.25) is 4.79 Å². The minimum Gasteiger partial charge on any atom is -0.493 e. The molecule has 126 valence electrons. The zero-order chi connectivity index (χ0) is 16.9. The Hall–Kier alpha value is -2.60. The van der Waals surface area contributed by atoms with Gasteiger partial charge in [0.15, 0.2) is 11.5 Å². The van der Waals surface area contributed by atoms with E-state index in [9.17, 15) is 9.18 Å². The quantitative estimate of drug-likeness (QED) is 0.914. The normalized spacial score (nSPS) is 16.7. The predicted octanol–water partition coefficient (Wildman–Crippen LogP) is 3.25. The molecule has 2 aromatic carbocycles. The van der Waals surface area contributed by atoms with Crippen LogP contribution in [0.4, 0.5) is 10.1 Å². The Labute approximate surface area is 139 Å². The first-order valence-electron chi connectivity index (χ1n) is 7.65. The van der Waals surface area contributed by atoms with Crippen LogP contribution in [0.5, 0.6) is 11.5 Å². The summed E-state index contributed by atoms with van der Waals surface area (Å²) in [4.78, 5) is 12.4. The van der Waals surface area contributed by atoms with Crippen molar-refractivity contribution >= 4 is 11.6 Å². The Bertz CT molecular complexity index is 729. The first-order valence-corrected chi connectivity index (χ1v) is 7.65. The van der Waals surface area contributed by atoms with Crippen molar-refractivity contribution in [2.45, 2.75) is 12.5 Å². The number of benzene rings is 2. The Morgan fingerprint density at radius 1 is 1.25 bits per heavy atom. The van der Waals surface area contributed by atoms with Gasteiger partial charge in [0.25, 0.3) is 5.91 Å². The summed E-state index contributed by atoms with van der Waals surface area (Å²) in [6, 6.07) is 10.9. The minimum atomic E-state index is -0.487. The number of carbonyl (C=O) groups is 1. The largest absolute Gasteiger partial charge is 0.493 e. The fourth-order valence-electron chi connectivity index (χ4n) is 2.45. The van der Waals surface area contributed by atoms with Crippen molar-refractivity contribution in [3.8, 4) is 11.5 Å². The lowest BCUT2D eigenvalue weighted by Gasteiger charge is -2.16. The van der Waals surface area contributed by atoms with E-state index in [1.165, 1.54) is 19.2 Å². The first-order chi connectivity index (χ1) is 11.7. The highest BCUT2D eigenvalue weighted by Gasteiger charge is 2.20. The third-order valence-electron chi connectivity index (χ3n) is 3.73. The number of halogens is 1. The first kappa shape index (κ1) is 16.3. The van der Waals surface area contributed by atoms with Crippen molar-refractivity contribution in [3.63, 3.8) is 0 Å². The number of hydrogen-bond donors (Lipinski definition) is 1. The number of methoxy groups -OCH3 is 1. The molecular formula is C18H18FNO4. The molecule has 6 heteroatoms. The summed E-state index contributed by atoms with van der Waals surface area (Å²) in [5.41, 5.74) is 0.484. The summed E-state index contributed by atoms with van der Waals surface area (Å²) < 4.78 is 30.1. The zero-order valence-electron chi connectivity index (χ0n) is 13.3. The second-order valence-electron chi connectivity index (χ2n) is 5.40.